The topological polar surface area (TPSA) is 71.5 Å². The Bertz CT molecular complexity index is 883. The molecule has 0 radical (unpaired) electrons. The normalized spacial score (nSPS) is 10.3. The minimum atomic E-state index is -0.387. The van der Waals surface area contributed by atoms with E-state index in [1.54, 1.807) is 12.4 Å². The summed E-state index contributed by atoms with van der Waals surface area (Å²) in [6.45, 7) is 0.769. The highest BCUT2D eigenvalue weighted by molar-refractivity contribution is 6.31. The first-order valence-electron chi connectivity index (χ1n) is 7.99. The van der Waals surface area contributed by atoms with Crippen LogP contribution in [-0.2, 0) is 13.2 Å². The predicted octanol–water partition coefficient (Wildman–Crippen LogP) is 3.95. The third-order valence-electron chi connectivity index (χ3n) is 3.71. The zero-order chi connectivity index (χ0) is 18.4. The van der Waals surface area contributed by atoms with Crippen LogP contribution in [0.2, 0.25) is 5.02 Å². The number of nitrogens with zero attached hydrogens (tertiary/aromatic N) is 1. The molecule has 0 aliphatic carbocycles. The standard InChI is InChI=1S/C20H17ClN2O3/c21-16-5-8-19(24)18(10-16)20(25)23-12-14-3-6-17(7-4-14)26-13-15-2-1-9-22-11-15/h1-11,24H,12-13H2,(H,23,25). The Morgan fingerprint density at radius 2 is 1.92 bits per heavy atom. The Balaban J connectivity index is 1.54. The number of halogens is 1. The summed E-state index contributed by atoms with van der Waals surface area (Å²) in [5.74, 6) is 0.240. The van der Waals surface area contributed by atoms with Gasteiger partial charge in [0.1, 0.15) is 18.1 Å². The quantitative estimate of drug-likeness (QED) is 0.691. The van der Waals surface area contributed by atoms with Crippen molar-refractivity contribution in [1.82, 2.24) is 10.3 Å². The summed E-state index contributed by atoms with van der Waals surface area (Å²) in [6.07, 6.45) is 3.48. The van der Waals surface area contributed by atoms with E-state index in [9.17, 15) is 9.90 Å². The maximum atomic E-state index is 12.2. The number of amides is 1. The Morgan fingerprint density at radius 1 is 1.12 bits per heavy atom. The lowest BCUT2D eigenvalue weighted by Gasteiger charge is -2.09. The second-order valence-corrected chi connectivity index (χ2v) is 6.07. The summed E-state index contributed by atoms with van der Waals surface area (Å²) < 4.78 is 5.70. The molecular formula is C20H17ClN2O3. The van der Waals surface area contributed by atoms with Gasteiger partial charge < -0.3 is 15.2 Å². The zero-order valence-electron chi connectivity index (χ0n) is 13.9. The van der Waals surface area contributed by atoms with E-state index in [0.29, 0.717) is 18.2 Å². The molecule has 1 aromatic heterocycles. The van der Waals surface area contributed by atoms with E-state index >= 15 is 0 Å². The van der Waals surface area contributed by atoms with Crippen LogP contribution in [0.3, 0.4) is 0 Å². The largest absolute Gasteiger partial charge is 0.507 e. The molecule has 0 fully saturated rings. The van der Waals surface area contributed by atoms with Crippen LogP contribution in [0.4, 0.5) is 0 Å². The van der Waals surface area contributed by atoms with Gasteiger partial charge in [0, 0.05) is 29.5 Å². The van der Waals surface area contributed by atoms with Crippen LogP contribution < -0.4 is 10.1 Å². The van der Waals surface area contributed by atoms with Crippen LogP contribution in [0.25, 0.3) is 0 Å². The van der Waals surface area contributed by atoms with Crippen LogP contribution in [-0.4, -0.2) is 16.0 Å². The summed E-state index contributed by atoms with van der Waals surface area (Å²) in [5, 5.41) is 12.9. The van der Waals surface area contributed by atoms with Crippen molar-refractivity contribution in [2.75, 3.05) is 0 Å². The molecule has 0 bridgehead atoms. The molecule has 3 aromatic rings. The summed E-state index contributed by atoms with van der Waals surface area (Å²) in [5.41, 5.74) is 2.05. The molecule has 0 saturated carbocycles. The van der Waals surface area contributed by atoms with Gasteiger partial charge in [0.05, 0.1) is 5.56 Å². The number of aromatic hydroxyl groups is 1. The van der Waals surface area contributed by atoms with Crippen molar-refractivity contribution in [2.45, 2.75) is 13.2 Å². The van der Waals surface area contributed by atoms with E-state index < -0.39 is 0 Å². The number of phenols is 1. The molecule has 0 aliphatic rings. The molecule has 5 nitrogen and oxygen atoms in total. The van der Waals surface area contributed by atoms with Crippen molar-refractivity contribution in [2.24, 2.45) is 0 Å². The zero-order valence-corrected chi connectivity index (χ0v) is 14.6. The molecule has 0 aliphatic heterocycles. The number of hydrogen-bond donors (Lipinski definition) is 2. The number of nitrogens with one attached hydrogen (secondary N) is 1. The average molecular weight is 369 g/mol. The Kier molecular flexibility index (Phi) is 5.71. The van der Waals surface area contributed by atoms with Crippen molar-refractivity contribution in [3.8, 4) is 11.5 Å². The van der Waals surface area contributed by atoms with E-state index in [4.69, 9.17) is 16.3 Å². The molecular weight excluding hydrogens is 352 g/mol. The van der Waals surface area contributed by atoms with Crippen molar-refractivity contribution >= 4 is 17.5 Å². The molecule has 6 heteroatoms. The molecule has 0 atom stereocenters. The summed E-state index contributed by atoms with van der Waals surface area (Å²) in [4.78, 5) is 16.2. The summed E-state index contributed by atoms with van der Waals surface area (Å²) in [7, 11) is 0. The van der Waals surface area contributed by atoms with E-state index in [1.165, 1.54) is 18.2 Å². The fraction of sp³-hybridized carbons (Fsp3) is 0.100. The lowest BCUT2D eigenvalue weighted by Crippen LogP contribution is -2.22. The fourth-order valence-corrected chi connectivity index (χ4v) is 2.49. The molecule has 132 valence electrons. The number of aromatic nitrogens is 1. The van der Waals surface area contributed by atoms with Gasteiger partial charge in [-0.25, -0.2) is 0 Å². The van der Waals surface area contributed by atoms with Gasteiger partial charge in [0.25, 0.3) is 5.91 Å². The molecule has 1 heterocycles. The van der Waals surface area contributed by atoms with Gasteiger partial charge in [-0.3, -0.25) is 9.78 Å². The third kappa shape index (κ3) is 4.74. The summed E-state index contributed by atoms with van der Waals surface area (Å²) >= 11 is 5.86. The average Bonchev–Trinajstić information content (AvgIpc) is 2.68. The molecule has 0 unspecified atom stereocenters. The van der Waals surface area contributed by atoms with Crippen molar-refractivity contribution < 1.29 is 14.6 Å². The maximum absolute atomic E-state index is 12.2. The number of ether oxygens (including phenoxy) is 1. The van der Waals surface area contributed by atoms with Gasteiger partial charge in [-0.05, 0) is 42.0 Å². The highest BCUT2D eigenvalue weighted by Crippen LogP contribution is 2.21. The lowest BCUT2D eigenvalue weighted by molar-refractivity contribution is 0.0948. The van der Waals surface area contributed by atoms with Crippen LogP contribution in [0.1, 0.15) is 21.5 Å². The van der Waals surface area contributed by atoms with Crippen molar-refractivity contribution in [3.63, 3.8) is 0 Å². The van der Waals surface area contributed by atoms with E-state index in [-0.39, 0.29) is 17.2 Å². The second-order valence-electron chi connectivity index (χ2n) is 5.64. The summed E-state index contributed by atoms with van der Waals surface area (Å²) in [6, 6.07) is 15.6. The minimum Gasteiger partial charge on any atom is -0.507 e. The first-order valence-corrected chi connectivity index (χ1v) is 8.37. The fourth-order valence-electron chi connectivity index (χ4n) is 2.32. The van der Waals surface area contributed by atoms with Gasteiger partial charge >= 0.3 is 0 Å². The Hall–Kier alpha value is -3.05. The first kappa shape index (κ1) is 17.8. The minimum absolute atomic E-state index is 0.106. The van der Waals surface area contributed by atoms with Crippen LogP contribution >= 0.6 is 11.6 Å². The van der Waals surface area contributed by atoms with Crippen LogP contribution in [0.15, 0.2) is 67.0 Å². The monoisotopic (exact) mass is 368 g/mol. The van der Waals surface area contributed by atoms with Gasteiger partial charge in [-0.1, -0.05) is 29.8 Å². The number of carbonyl (C=O) groups excluding carboxylic acids is 1. The van der Waals surface area contributed by atoms with Gasteiger partial charge in [0.15, 0.2) is 0 Å². The maximum Gasteiger partial charge on any atom is 0.255 e. The van der Waals surface area contributed by atoms with E-state index in [1.807, 2.05) is 36.4 Å². The molecule has 3 rings (SSSR count). The second kappa shape index (κ2) is 8.36. The number of phenolic OH excluding ortho intramolecular Hbond substituents is 1. The highest BCUT2D eigenvalue weighted by atomic mass is 35.5. The van der Waals surface area contributed by atoms with Crippen molar-refractivity contribution in [1.29, 1.82) is 0 Å². The molecule has 2 aromatic carbocycles. The van der Waals surface area contributed by atoms with Gasteiger partial charge in [-0.2, -0.15) is 0 Å². The number of pyridine rings is 1. The molecule has 2 N–H and O–H groups in total. The molecule has 26 heavy (non-hydrogen) atoms. The van der Waals surface area contributed by atoms with Crippen LogP contribution in [0, 0.1) is 0 Å². The number of rotatable bonds is 6. The predicted molar refractivity (Wildman–Crippen MR) is 99.3 cm³/mol. The number of benzene rings is 2. The number of hydrogen-bond acceptors (Lipinski definition) is 4. The Morgan fingerprint density at radius 3 is 2.65 bits per heavy atom. The van der Waals surface area contributed by atoms with E-state index in [2.05, 4.69) is 10.3 Å². The molecule has 1 amide bonds. The third-order valence-corrected chi connectivity index (χ3v) is 3.94. The molecule has 0 spiro atoms. The number of carbonyl (C=O) groups is 1. The smallest absolute Gasteiger partial charge is 0.255 e. The first-order chi connectivity index (χ1) is 12.6. The highest BCUT2D eigenvalue weighted by Gasteiger charge is 2.11. The van der Waals surface area contributed by atoms with Crippen molar-refractivity contribution in [3.05, 3.63) is 88.7 Å². The molecule has 0 saturated heterocycles. The van der Waals surface area contributed by atoms with Gasteiger partial charge in [-0.15, -0.1) is 0 Å². The van der Waals surface area contributed by atoms with Crippen LogP contribution in [0.5, 0.6) is 11.5 Å². The van der Waals surface area contributed by atoms with E-state index in [0.717, 1.165) is 16.9 Å². The van der Waals surface area contributed by atoms with Gasteiger partial charge in [0.2, 0.25) is 0 Å². The Labute approximate surface area is 156 Å². The SMILES string of the molecule is O=C(NCc1ccc(OCc2cccnc2)cc1)c1cc(Cl)ccc1O. The lowest BCUT2D eigenvalue weighted by atomic mass is 10.1.